The zero-order valence-corrected chi connectivity index (χ0v) is 9.64. The Labute approximate surface area is 93.2 Å². The zero-order valence-electron chi connectivity index (χ0n) is 7.24. The second kappa shape index (κ2) is 4.45. The molecule has 1 aliphatic carbocycles. The van der Waals surface area contributed by atoms with Crippen LogP contribution in [-0.4, -0.2) is 6.54 Å². The summed E-state index contributed by atoms with van der Waals surface area (Å²) >= 11 is 3.55. The highest BCUT2D eigenvalue weighted by Crippen LogP contribution is 2.48. The minimum atomic E-state index is 0. The van der Waals surface area contributed by atoms with E-state index in [-0.39, 0.29) is 12.4 Å². The van der Waals surface area contributed by atoms with E-state index in [9.17, 15) is 0 Å². The van der Waals surface area contributed by atoms with Crippen molar-refractivity contribution in [3.8, 4) is 0 Å². The summed E-state index contributed by atoms with van der Waals surface area (Å²) in [5.41, 5.74) is 7.02. The molecule has 2 unspecified atom stereocenters. The summed E-state index contributed by atoms with van der Waals surface area (Å²) < 4.78 is 1.23. The van der Waals surface area contributed by atoms with Crippen LogP contribution in [0.2, 0.25) is 0 Å². The Bertz CT molecular complexity index is 290. The molecule has 0 radical (unpaired) electrons. The van der Waals surface area contributed by atoms with E-state index in [4.69, 9.17) is 5.73 Å². The molecule has 1 aromatic carbocycles. The molecule has 2 atom stereocenters. The maximum absolute atomic E-state index is 5.60. The predicted octanol–water partition coefficient (Wildman–Crippen LogP) is 2.93. The summed E-state index contributed by atoms with van der Waals surface area (Å²) in [6.07, 6.45) is 1.26. The van der Waals surface area contributed by atoms with Crippen molar-refractivity contribution >= 4 is 28.3 Å². The van der Waals surface area contributed by atoms with Crippen LogP contribution in [0.5, 0.6) is 0 Å². The van der Waals surface area contributed by atoms with Gasteiger partial charge in [0.25, 0.3) is 0 Å². The lowest BCUT2D eigenvalue weighted by Crippen LogP contribution is -2.02. The van der Waals surface area contributed by atoms with Gasteiger partial charge in [-0.3, -0.25) is 0 Å². The topological polar surface area (TPSA) is 26.0 Å². The third kappa shape index (κ3) is 2.25. The van der Waals surface area contributed by atoms with Gasteiger partial charge in [-0.05, 0) is 36.4 Å². The average molecular weight is 263 g/mol. The van der Waals surface area contributed by atoms with Gasteiger partial charge in [-0.15, -0.1) is 12.4 Å². The number of rotatable bonds is 2. The maximum atomic E-state index is 5.60. The number of hydrogen-bond acceptors (Lipinski definition) is 1. The second-order valence-electron chi connectivity index (χ2n) is 3.36. The molecule has 2 N–H and O–H groups in total. The van der Waals surface area contributed by atoms with Crippen molar-refractivity contribution in [3.63, 3.8) is 0 Å². The maximum Gasteiger partial charge on any atom is 0.0210 e. The van der Waals surface area contributed by atoms with Crippen molar-refractivity contribution in [3.05, 3.63) is 34.3 Å². The van der Waals surface area contributed by atoms with Crippen molar-refractivity contribution in [2.24, 2.45) is 11.7 Å². The van der Waals surface area contributed by atoms with Gasteiger partial charge in [0.1, 0.15) is 0 Å². The largest absolute Gasteiger partial charge is 0.330 e. The molecule has 1 fully saturated rings. The Morgan fingerprint density at radius 3 is 2.62 bits per heavy atom. The summed E-state index contributed by atoms with van der Waals surface area (Å²) in [7, 11) is 0. The average Bonchev–Trinajstić information content (AvgIpc) is 2.84. The third-order valence-electron chi connectivity index (χ3n) is 2.53. The van der Waals surface area contributed by atoms with E-state index < -0.39 is 0 Å². The molecular weight excluding hydrogens is 249 g/mol. The van der Waals surface area contributed by atoms with Crippen LogP contribution in [0.1, 0.15) is 17.9 Å². The molecule has 0 heterocycles. The van der Waals surface area contributed by atoms with Crippen LogP contribution in [0.3, 0.4) is 0 Å². The Balaban J connectivity index is 0.000000845. The molecule has 1 nitrogen and oxygen atoms in total. The molecule has 13 heavy (non-hydrogen) atoms. The first-order valence-corrected chi connectivity index (χ1v) is 5.06. The fourth-order valence-electron chi connectivity index (χ4n) is 1.66. The van der Waals surface area contributed by atoms with Crippen LogP contribution in [0.4, 0.5) is 0 Å². The van der Waals surface area contributed by atoms with E-state index in [0.717, 1.165) is 12.5 Å². The number of nitrogens with two attached hydrogens (primary N) is 1. The second-order valence-corrected chi connectivity index (χ2v) is 4.21. The summed E-state index contributed by atoms with van der Waals surface area (Å²) in [6, 6.07) is 8.42. The van der Waals surface area contributed by atoms with E-state index in [1.807, 2.05) is 6.07 Å². The molecule has 1 aliphatic rings. The lowest BCUT2D eigenvalue weighted by atomic mass is 10.1. The molecule has 0 aliphatic heterocycles. The Hall–Kier alpha value is -0.0500. The zero-order chi connectivity index (χ0) is 8.55. The molecule has 1 saturated carbocycles. The van der Waals surface area contributed by atoms with E-state index in [0.29, 0.717) is 5.92 Å². The minimum Gasteiger partial charge on any atom is -0.330 e. The van der Waals surface area contributed by atoms with Crippen molar-refractivity contribution < 1.29 is 0 Å². The predicted molar refractivity (Wildman–Crippen MR) is 61.3 cm³/mol. The van der Waals surface area contributed by atoms with Crippen LogP contribution in [-0.2, 0) is 0 Å². The van der Waals surface area contributed by atoms with E-state index in [2.05, 4.69) is 34.1 Å². The van der Waals surface area contributed by atoms with E-state index in [1.165, 1.54) is 16.5 Å². The minimum absolute atomic E-state index is 0. The van der Waals surface area contributed by atoms with Crippen LogP contribution < -0.4 is 5.73 Å². The first-order chi connectivity index (χ1) is 5.83. The van der Waals surface area contributed by atoms with Gasteiger partial charge in [0, 0.05) is 4.47 Å². The lowest BCUT2D eigenvalue weighted by molar-refractivity contribution is 0.808. The fraction of sp³-hybridized carbons (Fsp3) is 0.400. The first-order valence-electron chi connectivity index (χ1n) is 4.27. The summed E-state index contributed by atoms with van der Waals surface area (Å²) in [6.45, 7) is 0.825. The first kappa shape index (κ1) is 11.0. The Morgan fingerprint density at radius 2 is 2.08 bits per heavy atom. The van der Waals surface area contributed by atoms with Gasteiger partial charge in [0.05, 0.1) is 0 Å². The van der Waals surface area contributed by atoms with Gasteiger partial charge in [-0.25, -0.2) is 0 Å². The molecule has 3 heteroatoms. The van der Waals surface area contributed by atoms with Gasteiger partial charge < -0.3 is 5.73 Å². The van der Waals surface area contributed by atoms with Crippen LogP contribution in [0.25, 0.3) is 0 Å². The monoisotopic (exact) mass is 261 g/mol. The van der Waals surface area contributed by atoms with Crippen molar-refractivity contribution in [1.82, 2.24) is 0 Å². The van der Waals surface area contributed by atoms with Crippen molar-refractivity contribution in [1.29, 1.82) is 0 Å². The summed E-state index contributed by atoms with van der Waals surface area (Å²) in [5, 5.41) is 0. The van der Waals surface area contributed by atoms with Gasteiger partial charge in [0.2, 0.25) is 0 Å². The lowest BCUT2D eigenvalue weighted by Gasteiger charge is -2.01. The third-order valence-corrected chi connectivity index (χ3v) is 3.25. The normalized spacial score (nSPS) is 25.1. The van der Waals surface area contributed by atoms with Crippen LogP contribution >= 0.6 is 28.3 Å². The molecule has 0 amide bonds. The van der Waals surface area contributed by atoms with Crippen LogP contribution in [0.15, 0.2) is 28.7 Å². The SMILES string of the molecule is Cl.NCC1CC1c1ccccc1Br. The number of hydrogen-bond donors (Lipinski definition) is 1. The molecular formula is C10H13BrClN. The highest BCUT2D eigenvalue weighted by Gasteiger charge is 2.37. The van der Waals surface area contributed by atoms with E-state index >= 15 is 0 Å². The smallest absolute Gasteiger partial charge is 0.0210 e. The number of benzene rings is 1. The number of halogens is 2. The van der Waals surface area contributed by atoms with Crippen molar-refractivity contribution in [2.45, 2.75) is 12.3 Å². The molecule has 2 rings (SSSR count). The summed E-state index contributed by atoms with van der Waals surface area (Å²) in [4.78, 5) is 0. The molecule has 0 spiro atoms. The molecule has 0 bridgehead atoms. The van der Waals surface area contributed by atoms with Gasteiger partial charge in [-0.1, -0.05) is 34.1 Å². The Morgan fingerprint density at radius 1 is 1.38 bits per heavy atom. The van der Waals surface area contributed by atoms with Gasteiger partial charge in [0.15, 0.2) is 0 Å². The van der Waals surface area contributed by atoms with Crippen molar-refractivity contribution in [2.75, 3.05) is 6.54 Å². The van der Waals surface area contributed by atoms with E-state index in [1.54, 1.807) is 0 Å². The molecule has 0 saturated heterocycles. The fourth-order valence-corrected chi connectivity index (χ4v) is 2.24. The van der Waals surface area contributed by atoms with Gasteiger partial charge in [-0.2, -0.15) is 0 Å². The quantitative estimate of drug-likeness (QED) is 0.871. The van der Waals surface area contributed by atoms with Crippen LogP contribution in [0, 0.1) is 5.92 Å². The molecule has 72 valence electrons. The highest BCUT2D eigenvalue weighted by molar-refractivity contribution is 9.10. The summed E-state index contributed by atoms with van der Waals surface area (Å²) in [5.74, 6) is 1.44. The van der Waals surface area contributed by atoms with Gasteiger partial charge >= 0.3 is 0 Å². The molecule has 0 aromatic heterocycles. The standard InChI is InChI=1S/C10H12BrN.ClH/c11-10-4-2-1-3-8(10)9-5-7(9)6-12;/h1-4,7,9H,5-6,12H2;1H. The molecule has 1 aromatic rings. The highest BCUT2D eigenvalue weighted by atomic mass is 79.9. The Kier molecular flexibility index (Phi) is 3.77.